The molecule has 0 saturated carbocycles. The average molecular weight is 476 g/mol. The van der Waals surface area contributed by atoms with Gasteiger partial charge in [-0.3, -0.25) is 9.59 Å². The molecule has 0 aliphatic rings. The lowest BCUT2D eigenvalue weighted by Gasteiger charge is -2.10. The van der Waals surface area contributed by atoms with E-state index >= 15 is 0 Å². The molecule has 0 saturated heterocycles. The van der Waals surface area contributed by atoms with Crippen molar-refractivity contribution in [1.82, 2.24) is 15.2 Å². The minimum absolute atomic E-state index is 0.0645. The first-order chi connectivity index (χ1) is 15.9. The van der Waals surface area contributed by atoms with E-state index in [1.54, 1.807) is 11.4 Å². The summed E-state index contributed by atoms with van der Waals surface area (Å²) in [6, 6.07) is 17.7. The maximum atomic E-state index is 12.4. The van der Waals surface area contributed by atoms with Gasteiger partial charge in [0.05, 0.1) is 11.3 Å². The van der Waals surface area contributed by atoms with Crippen LogP contribution in [0.4, 0.5) is 5.00 Å². The Hall–Kier alpha value is -3.56. The van der Waals surface area contributed by atoms with E-state index in [2.05, 4.69) is 15.5 Å². The van der Waals surface area contributed by atoms with Gasteiger partial charge in [-0.25, -0.2) is 4.98 Å². The SMILES string of the molecule is Cc1ccc(-c2nnc(SCC(=O)Nc3sccc3C(N)=O)nc2-c2ccc(C)cc2)cc1. The molecule has 0 aliphatic heterocycles. The molecular weight excluding hydrogens is 454 g/mol. The molecule has 7 nitrogen and oxygen atoms in total. The number of nitrogens with zero attached hydrogens (tertiary/aromatic N) is 3. The molecule has 0 aliphatic carbocycles. The van der Waals surface area contributed by atoms with Crippen LogP contribution in [0.1, 0.15) is 21.5 Å². The number of aromatic nitrogens is 3. The summed E-state index contributed by atoms with van der Waals surface area (Å²) in [5.74, 6) is -0.802. The smallest absolute Gasteiger partial charge is 0.251 e. The van der Waals surface area contributed by atoms with Gasteiger partial charge in [-0.05, 0) is 25.3 Å². The Balaban J connectivity index is 1.57. The highest BCUT2D eigenvalue weighted by Gasteiger charge is 2.16. The first-order valence-corrected chi connectivity index (χ1v) is 12.0. The quantitative estimate of drug-likeness (QED) is 0.374. The largest absolute Gasteiger partial charge is 0.366 e. The van der Waals surface area contributed by atoms with E-state index in [9.17, 15) is 9.59 Å². The predicted octanol–water partition coefficient (Wildman–Crippen LogP) is 4.71. The number of nitrogens with two attached hydrogens (primary N) is 1. The Kier molecular flexibility index (Phi) is 6.81. The van der Waals surface area contributed by atoms with Gasteiger partial charge in [0.1, 0.15) is 16.4 Å². The van der Waals surface area contributed by atoms with Crippen molar-refractivity contribution >= 4 is 39.9 Å². The van der Waals surface area contributed by atoms with Crippen molar-refractivity contribution in [3.8, 4) is 22.5 Å². The summed E-state index contributed by atoms with van der Waals surface area (Å²) < 4.78 is 0. The fourth-order valence-corrected chi connectivity index (χ4v) is 4.48. The number of aryl methyl sites for hydroxylation is 2. The van der Waals surface area contributed by atoms with Crippen molar-refractivity contribution in [2.45, 2.75) is 19.0 Å². The molecule has 2 amide bonds. The second kappa shape index (κ2) is 9.93. The van der Waals surface area contributed by atoms with Crippen LogP contribution in [0.15, 0.2) is 65.1 Å². The minimum Gasteiger partial charge on any atom is -0.366 e. The lowest BCUT2D eigenvalue weighted by molar-refractivity contribution is -0.113. The van der Waals surface area contributed by atoms with Gasteiger partial charge in [-0.2, -0.15) is 0 Å². The Labute approximate surface area is 199 Å². The number of primary amides is 1. The number of thioether (sulfide) groups is 1. The number of hydrogen-bond acceptors (Lipinski definition) is 7. The summed E-state index contributed by atoms with van der Waals surface area (Å²) in [5.41, 5.74) is 11.1. The molecule has 0 radical (unpaired) electrons. The van der Waals surface area contributed by atoms with Gasteiger partial charge in [0.2, 0.25) is 11.1 Å². The topological polar surface area (TPSA) is 111 Å². The molecule has 3 N–H and O–H groups in total. The molecule has 4 aromatic rings. The van der Waals surface area contributed by atoms with Crippen LogP contribution >= 0.6 is 23.1 Å². The van der Waals surface area contributed by atoms with Crippen LogP contribution in [-0.4, -0.2) is 32.7 Å². The van der Waals surface area contributed by atoms with Gasteiger partial charge in [0.25, 0.3) is 5.91 Å². The summed E-state index contributed by atoms with van der Waals surface area (Å²) >= 11 is 2.42. The van der Waals surface area contributed by atoms with Crippen molar-refractivity contribution in [2.75, 3.05) is 11.1 Å². The fourth-order valence-electron chi connectivity index (χ4n) is 3.08. The predicted molar refractivity (Wildman–Crippen MR) is 132 cm³/mol. The summed E-state index contributed by atoms with van der Waals surface area (Å²) in [6.45, 7) is 4.06. The minimum atomic E-state index is -0.582. The summed E-state index contributed by atoms with van der Waals surface area (Å²) in [7, 11) is 0. The van der Waals surface area contributed by atoms with Gasteiger partial charge >= 0.3 is 0 Å². The number of carbonyl (C=O) groups is 2. The lowest BCUT2D eigenvalue weighted by Crippen LogP contribution is -2.18. The van der Waals surface area contributed by atoms with Crippen LogP contribution in [0.25, 0.3) is 22.5 Å². The van der Waals surface area contributed by atoms with Gasteiger partial charge in [0.15, 0.2) is 0 Å². The Morgan fingerprint density at radius 1 is 0.909 bits per heavy atom. The lowest BCUT2D eigenvalue weighted by atomic mass is 10.0. The van der Waals surface area contributed by atoms with Crippen molar-refractivity contribution in [3.63, 3.8) is 0 Å². The molecule has 2 aromatic heterocycles. The zero-order valence-corrected chi connectivity index (χ0v) is 19.7. The second-order valence-electron chi connectivity index (χ2n) is 7.39. The molecule has 2 heterocycles. The monoisotopic (exact) mass is 475 g/mol. The third-order valence-electron chi connectivity index (χ3n) is 4.83. The Morgan fingerprint density at radius 2 is 1.52 bits per heavy atom. The maximum absolute atomic E-state index is 12.4. The average Bonchev–Trinajstić information content (AvgIpc) is 3.27. The van der Waals surface area contributed by atoms with Gasteiger partial charge in [0, 0.05) is 11.1 Å². The summed E-state index contributed by atoms with van der Waals surface area (Å²) in [6.07, 6.45) is 0. The highest BCUT2D eigenvalue weighted by molar-refractivity contribution is 7.99. The Morgan fingerprint density at radius 3 is 2.12 bits per heavy atom. The van der Waals surface area contributed by atoms with E-state index in [1.807, 2.05) is 62.4 Å². The fraction of sp³-hybridized carbons (Fsp3) is 0.125. The zero-order chi connectivity index (χ0) is 23.4. The molecule has 9 heteroatoms. The molecule has 0 fully saturated rings. The van der Waals surface area contributed by atoms with Crippen LogP contribution < -0.4 is 11.1 Å². The van der Waals surface area contributed by atoms with E-state index in [1.165, 1.54) is 23.1 Å². The number of thiophene rings is 1. The molecule has 0 unspecified atom stereocenters. The van der Waals surface area contributed by atoms with Crippen molar-refractivity contribution in [1.29, 1.82) is 0 Å². The first kappa shape index (κ1) is 22.6. The highest BCUT2D eigenvalue weighted by Crippen LogP contribution is 2.30. The Bertz CT molecular complexity index is 1300. The van der Waals surface area contributed by atoms with E-state index in [0.29, 0.717) is 27.1 Å². The number of carbonyl (C=O) groups excluding carboxylic acids is 2. The molecule has 166 valence electrons. The second-order valence-corrected chi connectivity index (χ2v) is 9.25. The van der Waals surface area contributed by atoms with Gasteiger partial charge < -0.3 is 11.1 Å². The van der Waals surface area contributed by atoms with Crippen LogP contribution in [-0.2, 0) is 4.79 Å². The number of rotatable bonds is 7. The van der Waals surface area contributed by atoms with Gasteiger partial charge in [-0.1, -0.05) is 71.4 Å². The van der Waals surface area contributed by atoms with E-state index < -0.39 is 5.91 Å². The van der Waals surface area contributed by atoms with Crippen LogP contribution in [0.2, 0.25) is 0 Å². The van der Waals surface area contributed by atoms with Crippen LogP contribution in [0.3, 0.4) is 0 Å². The standard InChI is InChI=1S/C24H21N5O2S2/c1-14-3-7-16(8-4-14)20-21(17-9-5-15(2)6-10-17)28-29-24(27-20)33-13-19(30)26-23-18(22(25)31)11-12-32-23/h3-12H,13H2,1-2H3,(H2,25,31)(H,26,30). The van der Waals surface area contributed by atoms with E-state index in [-0.39, 0.29) is 11.7 Å². The number of hydrogen-bond donors (Lipinski definition) is 2. The maximum Gasteiger partial charge on any atom is 0.251 e. The van der Waals surface area contributed by atoms with Crippen LogP contribution in [0, 0.1) is 13.8 Å². The molecular formula is C24H21N5O2S2. The molecule has 0 atom stereocenters. The molecule has 0 spiro atoms. The number of amides is 2. The van der Waals surface area contributed by atoms with E-state index in [4.69, 9.17) is 10.7 Å². The number of benzene rings is 2. The summed E-state index contributed by atoms with van der Waals surface area (Å²) in [4.78, 5) is 28.6. The van der Waals surface area contributed by atoms with Crippen LogP contribution in [0.5, 0.6) is 0 Å². The van der Waals surface area contributed by atoms with Crippen molar-refractivity contribution < 1.29 is 9.59 Å². The van der Waals surface area contributed by atoms with E-state index in [0.717, 1.165) is 22.3 Å². The number of nitrogens with one attached hydrogen (secondary N) is 1. The summed E-state index contributed by atoms with van der Waals surface area (Å²) in [5, 5.41) is 13.9. The highest BCUT2D eigenvalue weighted by atomic mass is 32.2. The third kappa shape index (κ3) is 5.44. The van der Waals surface area contributed by atoms with Crippen molar-refractivity contribution in [2.24, 2.45) is 5.73 Å². The molecule has 2 aromatic carbocycles. The molecule has 33 heavy (non-hydrogen) atoms. The van der Waals surface area contributed by atoms with Gasteiger partial charge in [-0.15, -0.1) is 21.5 Å². The zero-order valence-electron chi connectivity index (χ0n) is 18.0. The first-order valence-electron chi connectivity index (χ1n) is 10.1. The van der Waals surface area contributed by atoms with Crippen molar-refractivity contribution in [3.05, 3.63) is 76.7 Å². The number of anilines is 1. The molecule has 4 rings (SSSR count). The normalized spacial score (nSPS) is 10.7. The third-order valence-corrected chi connectivity index (χ3v) is 6.50. The molecule has 0 bridgehead atoms.